The zero-order chi connectivity index (χ0) is 15.3. The first kappa shape index (κ1) is 16.4. The fourth-order valence-electron chi connectivity index (χ4n) is 1.88. The molecule has 0 radical (unpaired) electrons. The molecular formula is C15H26N4O. The molecule has 112 valence electrons. The highest BCUT2D eigenvalue weighted by molar-refractivity contribution is 5.77. The number of pyridine rings is 1. The number of rotatable bonds is 6. The van der Waals surface area contributed by atoms with E-state index in [2.05, 4.69) is 24.1 Å². The van der Waals surface area contributed by atoms with Crippen molar-refractivity contribution in [2.45, 2.75) is 34.2 Å². The van der Waals surface area contributed by atoms with Gasteiger partial charge in [0.25, 0.3) is 0 Å². The van der Waals surface area contributed by atoms with E-state index in [9.17, 15) is 4.79 Å². The Morgan fingerprint density at radius 1 is 1.45 bits per heavy atom. The minimum atomic E-state index is 0.0407. The molecule has 3 N–H and O–H groups in total. The highest BCUT2D eigenvalue weighted by Crippen LogP contribution is 2.18. The van der Waals surface area contributed by atoms with Crippen LogP contribution in [0.2, 0.25) is 0 Å². The topological polar surface area (TPSA) is 71.2 Å². The average Bonchev–Trinajstić information content (AvgIpc) is 2.37. The smallest absolute Gasteiger partial charge is 0.234 e. The number of hydrogen-bond donors (Lipinski definition) is 2. The second kappa shape index (κ2) is 7.24. The number of aryl methyl sites for hydroxylation is 1. The Bertz CT molecular complexity index is 471. The van der Waals surface area contributed by atoms with Gasteiger partial charge in [-0.05, 0) is 37.9 Å². The minimum absolute atomic E-state index is 0.0407. The lowest BCUT2D eigenvalue weighted by Crippen LogP contribution is -2.36. The Morgan fingerprint density at radius 2 is 2.10 bits per heavy atom. The van der Waals surface area contributed by atoms with Crippen LogP contribution >= 0.6 is 0 Å². The highest BCUT2D eigenvalue weighted by atomic mass is 16.2. The van der Waals surface area contributed by atoms with Crippen molar-refractivity contribution in [3.63, 3.8) is 0 Å². The molecule has 1 aromatic rings. The average molecular weight is 278 g/mol. The van der Waals surface area contributed by atoms with Crippen LogP contribution in [0.1, 0.15) is 30.7 Å². The Labute approximate surface area is 121 Å². The number of anilines is 1. The second-order valence-corrected chi connectivity index (χ2v) is 5.80. The van der Waals surface area contributed by atoms with E-state index >= 15 is 0 Å². The Kier molecular flexibility index (Phi) is 5.95. The fraction of sp³-hybridized carbons (Fsp3) is 0.600. The molecule has 1 heterocycles. The van der Waals surface area contributed by atoms with Crippen LogP contribution in [0.25, 0.3) is 0 Å². The van der Waals surface area contributed by atoms with Gasteiger partial charge in [-0.25, -0.2) is 0 Å². The molecule has 1 aromatic heterocycles. The van der Waals surface area contributed by atoms with Crippen LogP contribution in [0.5, 0.6) is 0 Å². The van der Waals surface area contributed by atoms with Crippen LogP contribution in [0.4, 0.5) is 5.69 Å². The summed E-state index contributed by atoms with van der Waals surface area (Å²) in [6, 6.07) is 0. The van der Waals surface area contributed by atoms with Crippen molar-refractivity contribution in [1.29, 1.82) is 0 Å². The Balaban J connectivity index is 2.56. The van der Waals surface area contributed by atoms with Crippen molar-refractivity contribution in [2.24, 2.45) is 5.92 Å². The molecule has 1 amide bonds. The van der Waals surface area contributed by atoms with Crippen molar-refractivity contribution in [3.05, 3.63) is 23.0 Å². The number of hydrogen-bond acceptors (Lipinski definition) is 4. The van der Waals surface area contributed by atoms with Gasteiger partial charge in [-0.2, -0.15) is 0 Å². The molecule has 0 atom stereocenters. The van der Waals surface area contributed by atoms with Gasteiger partial charge in [-0.3, -0.25) is 14.7 Å². The molecular weight excluding hydrogens is 252 g/mol. The van der Waals surface area contributed by atoms with Gasteiger partial charge in [0.2, 0.25) is 5.91 Å². The number of nitrogens with zero attached hydrogens (tertiary/aromatic N) is 2. The molecule has 0 aliphatic heterocycles. The third-order valence-electron chi connectivity index (χ3n) is 3.22. The molecule has 0 fully saturated rings. The summed E-state index contributed by atoms with van der Waals surface area (Å²) < 4.78 is 0. The maximum atomic E-state index is 11.8. The lowest BCUT2D eigenvalue weighted by Gasteiger charge is -2.18. The molecule has 1 rings (SSSR count). The van der Waals surface area contributed by atoms with E-state index in [1.54, 1.807) is 6.20 Å². The summed E-state index contributed by atoms with van der Waals surface area (Å²) in [5.41, 5.74) is 9.70. The lowest BCUT2D eigenvalue weighted by atomic mass is 10.1. The van der Waals surface area contributed by atoms with Gasteiger partial charge in [-0.15, -0.1) is 0 Å². The molecule has 0 saturated carbocycles. The van der Waals surface area contributed by atoms with Crippen LogP contribution in [0.3, 0.4) is 0 Å². The maximum Gasteiger partial charge on any atom is 0.234 e. The normalized spacial score (nSPS) is 11.2. The number of carbonyl (C=O) groups is 1. The van der Waals surface area contributed by atoms with Crippen LogP contribution in [-0.4, -0.2) is 35.9 Å². The molecule has 0 aliphatic carbocycles. The first-order chi connectivity index (χ1) is 9.31. The molecule has 5 heteroatoms. The van der Waals surface area contributed by atoms with E-state index < -0.39 is 0 Å². The molecule has 0 bridgehead atoms. The van der Waals surface area contributed by atoms with Gasteiger partial charge in [0.15, 0.2) is 0 Å². The summed E-state index contributed by atoms with van der Waals surface area (Å²) >= 11 is 0. The first-order valence-electron chi connectivity index (χ1n) is 6.97. The number of nitrogen functional groups attached to an aromatic ring is 1. The predicted octanol–water partition coefficient (Wildman–Crippen LogP) is 1.48. The Morgan fingerprint density at radius 3 is 2.70 bits per heavy atom. The summed E-state index contributed by atoms with van der Waals surface area (Å²) in [4.78, 5) is 18.1. The van der Waals surface area contributed by atoms with Crippen molar-refractivity contribution in [1.82, 2.24) is 15.2 Å². The highest BCUT2D eigenvalue weighted by Gasteiger charge is 2.11. The van der Waals surface area contributed by atoms with Gasteiger partial charge in [0.05, 0.1) is 12.2 Å². The van der Waals surface area contributed by atoms with E-state index in [4.69, 9.17) is 5.73 Å². The van der Waals surface area contributed by atoms with Gasteiger partial charge < -0.3 is 11.1 Å². The van der Waals surface area contributed by atoms with Crippen LogP contribution in [0.15, 0.2) is 6.20 Å². The van der Waals surface area contributed by atoms with E-state index in [0.717, 1.165) is 22.5 Å². The van der Waals surface area contributed by atoms with E-state index in [0.29, 0.717) is 25.6 Å². The van der Waals surface area contributed by atoms with Gasteiger partial charge in [0.1, 0.15) is 0 Å². The summed E-state index contributed by atoms with van der Waals surface area (Å²) in [5.74, 6) is 0.504. The van der Waals surface area contributed by atoms with Crippen molar-refractivity contribution in [2.75, 3.05) is 25.9 Å². The van der Waals surface area contributed by atoms with E-state index in [1.165, 1.54) is 0 Å². The van der Waals surface area contributed by atoms with Crippen molar-refractivity contribution >= 4 is 11.6 Å². The zero-order valence-electron chi connectivity index (χ0n) is 13.2. The summed E-state index contributed by atoms with van der Waals surface area (Å²) in [6.07, 6.45) is 1.78. The standard InChI is InChI=1S/C15H26N4O/c1-10(2)6-18-14(20)9-19(5)8-13-12(4)15(16)11(3)7-17-13/h7,10H,6,8-9H2,1-5H3,(H2,16,17)(H,18,20). The molecule has 0 aromatic carbocycles. The molecule has 0 unspecified atom stereocenters. The number of aromatic nitrogens is 1. The number of amides is 1. The fourth-order valence-corrected chi connectivity index (χ4v) is 1.88. The third-order valence-corrected chi connectivity index (χ3v) is 3.22. The molecule has 0 saturated heterocycles. The third kappa shape index (κ3) is 4.81. The number of likely N-dealkylation sites (N-methyl/N-ethyl adjacent to an activating group) is 1. The van der Waals surface area contributed by atoms with Crippen LogP contribution in [-0.2, 0) is 11.3 Å². The maximum absolute atomic E-state index is 11.8. The monoisotopic (exact) mass is 278 g/mol. The van der Waals surface area contributed by atoms with E-state index in [-0.39, 0.29) is 5.91 Å². The Hall–Kier alpha value is -1.62. The van der Waals surface area contributed by atoms with Gasteiger partial charge in [-0.1, -0.05) is 13.8 Å². The number of nitrogens with two attached hydrogens (primary N) is 1. The molecule has 0 aliphatic rings. The van der Waals surface area contributed by atoms with Gasteiger partial charge in [0, 0.05) is 25.0 Å². The van der Waals surface area contributed by atoms with Crippen LogP contribution < -0.4 is 11.1 Å². The first-order valence-corrected chi connectivity index (χ1v) is 6.97. The predicted molar refractivity (Wildman–Crippen MR) is 82.3 cm³/mol. The summed E-state index contributed by atoms with van der Waals surface area (Å²) in [5, 5.41) is 2.91. The number of carbonyl (C=O) groups excluding carboxylic acids is 1. The summed E-state index contributed by atoms with van der Waals surface area (Å²) in [6.45, 7) is 9.76. The lowest BCUT2D eigenvalue weighted by molar-refractivity contribution is -0.122. The second-order valence-electron chi connectivity index (χ2n) is 5.80. The zero-order valence-corrected chi connectivity index (χ0v) is 13.2. The minimum Gasteiger partial charge on any atom is -0.398 e. The van der Waals surface area contributed by atoms with Crippen molar-refractivity contribution in [3.8, 4) is 0 Å². The molecule has 20 heavy (non-hydrogen) atoms. The summed E-state index contributed by atoms with van der Waals surface area (Å²) in [7, 11) is 1.91. The SMILES string of the molecule is Cc1cnc(CN(C)CC(=O)NCC(C)C)c(C)c1N. The largest absolute Gasteiger partial charge is 0.398 e. The number of nitrogens with one attached hydrogen (secondary N) is 1. The quantitative estimate of drug-likeness (QED) is 0.827. The van der Waals surface area contributed by atoms with E-state index in [1.807, 2.05) is 25.8 Å². The van der Waals surface area contributed by atoms with Crippen molar-refractivity contribution < 1.29 is 4.79 Å². The molecule has 5 nitrogen and oxygen atoms in total. The van der Waals surface area contributed by atoms with Gasteiger partial charge >= 0.3 is 0 Å². The van der Waals surface area contributed by atoms with Crippen LogP contribution in [0, 0.1) is 19.8 Å². The molecule has 0 spiro atoms.